The van der Waals surface area contributed by atoms with Gasteiger partial charge in [0.2, 0.25) is 0 Å². The molecule has 1 aliphatic heterocycles. The van der Waals surface area contributed by atoms with Crippen LogP contribution in [0.4, 0.5) is 5.69 Å². The second-order valence-corrected chi connectivity index (χ2v) is 7.28. The molecule has 1 aliphatic rings. The minimum atomic E-state index is -0.275. The summed E-state index contributed by atoms with van der Waals surface area (Å²) in [7, 11) is 0. The van der Waals surface area contributed by atoms with Crippen LogP contribution >= 0.6 is 0 Å². The van der Waals surface area contributed by atoms with Crippen LogP contribution in [0.5, 0.6) is 0 Å². The summed E-state index contributed by atoms with van der Waals surface area (Å²) < 4.78 is 12.4. The van der Waals surface area contributed by atoms with Crippen molar-refractivity contribution < 1.29 is 14.1 Å². The summed E-state index contributed by atoms with van der Waals surface area (Å²) in [5.41, 5.74) is 3.91. The molecule has 154 valence electrons. The lowest BCUT2D eigenvalue weighted by Crippen LogP contribution is -2.30. The number of nitrogens with one attached hydrogen (secondary N) is 2. The number of carbonyl (C=O) groups excluding carboxylic acids is 1. The monoisotopic (exact) mass is 398 g/mol. The molecule has 9 nitrogen and oxygen atoms in total. The first kappa shape index (κ1) is 19.4. The van der Waals surface area contributed by atoms with Gasteiger partial charge in [0.25, 0.3) is 5.91 Å². The summed E-state index contributed by atoms with van der Waals surface area (Å²) in [4.78, 5) is 17.2. The number of nitrogens with zero attached hydrogens (tertiary/aromatic N) is 4. The first-order chi connectivity index (χ1) is 14.1. The van der Waals surface area contributed by atoms with E-state index in [9.17, 15) is 4.79 Å². The molecule has 29 heavy (non-hydrogen) atoms. The highest BCUT2D eigenvalue weighted by atomic mass is 16.5. The molecule has 2 N–H and O–H groups in total. The number of carbonyl (C=O) groups is 1. The zero-order chi connectivity index (χ0) is 20.4. The number of aromatic nitrogens is 4. The Morgan fingerprint density at radius 1 is 1.31 bits per heavy atom. The van der Waals surface area contributed by atoms with Crippen LogP contribution in [0.25, 0.3) is 11.0 Å². The predicted octanol–water partition coefficient (Wildman–Crippen LogP) is 2.58. The topological polar surface area (TPSA) is 107 Å². The van der Waals surface area contributed by atoms with Gasteiger partial charge < -0.3 is 19.9 Å². The lowest BCUT2D eigenvalue weighted by atomic mass is 10.0. The van der Waals surface area contributed by atoms with Crippen molar-refractivity contribution in [2.45, 2.75) is 52.7 Å². The van der Waals surface area contributed by atoms with E-state index in [0.717, 1.165) is 60.6 Å². The molecule has 4 heterocycles. The quantitative estimate of drug-likeness (QED) is 0.657. The summed E-state index contributed by atoms with van der Waals surface area (Å²) in [5.74, 6) is 0.325. The summed E-state index contributed by atoms with van der Waals surface area (Å²) in [5, 5.41) is 15.8. The molecule has 1 fully saturated rings. The highest BCUT2D eigenvalue weighted by Gasteiger charge is 2.21. The van der Waals surface area contributed by atoms with Crippen molar-refractivity contribution >= 4 is 22.6 Å². The molecule has 9 heteroatoms. The third-order valence-electron chi connectivity index (χ3n) is 5.25. The van der Waals surface area contributed by atoms with Crippen molar-refractivity contribution in [3.63, 3.8) is 0 Å². The maximum atomic E-state index is 12.5. The van der Waals surface area contributed by atoms with Gasteiger partial charge in [-0.2, -0.15) is 5.10 Å². The first-order valence-electron chi connectivity index (χ1n) is 9.97. The molecule has 0 spiro atoms. The standard InChI is InChI=1S/C20H26N6O3/c1-4-26-19-16(11-22-26)18(24-14-5-7-28-8-6-14)15(13(3)23-19)10-21-20(27)17-9-12(2)29-25-17/h9,11,14H,4-8,10H2,1-3H3,(H,21,27)(H,23,24). The molecular weight excluding hydrogens is 372 g/mol. The van der Waals surface area contributed by atoms with Crippen LogP contribution in [-0.4, -0.2) is 45.1 Å². The van der Waals surface area contributed by atoms with Gasteiger partial charge in [0.05, 0.1) is 17.3 Å². The average Bonchev–Trinajstić information content (AvgIpc) is 3.34. The molecule has 3 aromatic rings. The molecule has 0 radical (unpaired) electrons. The highest BCUT2D eigenvalue weighted by molar-refractivity contribution is 5.94. The molecule has 0 bridgehead atoms. The molecule has 1 saturated heterocycles. The fraction of sp³-hybridized carbons (Fsp3) is 0.500. The van der Waals surface area contributed by atoms with Gasteiger partial charge in [-0.05, 0) is 33.6 Å². The van der Waals surface area contributed by atoms with Gasteiger partial charge in [0, 0.05) is 49.7 Å². The Balaban J connectivity index is 1.66. The number of fused-ring (bicyclic) bond motifs is 1. The number of hydrogen-bond acceptors (Lipinski definition) is 7. The second kappa shape index (κ2) is 8.20. The van der Waals surface area contributed by atoms with Gasteiger partial charge >= 0.3 is 0 Å². The van der Waals surface area contributed by atoms with E-state index in [-0.39, 0.29) is 11.6 Å². The van der Waals surface area contributed by atoms with Crippen LogP contribution in [-0.2, 0) is 17.8 Å². The van der Waals surface area contributed by atoms with Crippen molar-refractivity contribution in [1.82, 2.24) is 25.2 Å². The number of hydrogen-bond donors (Lipinski definition) is 2. The maximum Gasteiger partial charge on any atom is 0.273 e. The van der Waals surface area contributed by atoms with Gasteiger partial charge in [-0.15, -0.1) is 0 Å². The van der Waals surface area contributed by atoms with E-state index in [2.05, 4.69) is 20.9 Å². The summed E-state index contributed by atoms with van der Waals surface area (Å²) in [6.45, 7) is 8.34. The smallest absolute Gasteiger partial charge is 0.273 e. The van der Waals surface area contributed by atoms with E-state index in [1.165, 1.54) is 0 Å². The Bertz CT molecular complexity index is 1020. The van der Waals surface area contributed by atoms with Crippen LogP contribution in [0.1, 0.15) is 47.3 Å². The Hall–Kier alpha value is -2.94. The SMILES string of the molecule is CCn1ncc2c(NC3CCOCC3)c(CNC(=O)c3cc(C)on3)c(C)nc21. The number of pyridine rings is 1. The first-order valence-corrected chi connectivity index (χ1v) is 9.97. The largest absolute Gasteiger partial charge is 0.381 e. The summed E-state index contributed by atoms with van der Waals surface area (Å²) in [6, 6.07) is 1.93. The maximum absolute atomic E-state index is 12.5. The third kappa shape index (κ3) is 3.95. The molecular formula is C20H26N6O3. The molecule has 0 atom stereocenters. The zero-order valence-electron chi connectivity index (χ0n) is 17.0. The number of amides is 1. The molecule has 0 unspecified atom stereocenters. The lowest BCUT2D eigenvalue weighted by molar-refractivity contribution is 0.0904. The number of rotatable bonds is 6. The number of aryl methyl sites for hydroxylation is 3. The molecule has 4 rings (SSSR count). The van der Waals surface area contributed by atoms with Gasteiger partial charge in [0.1, 0.15) is 5.76 Å². The molecule has 1 amide bonds. The van der Waals surface area contributed by atoms with E-state index in [4.69, 9.17) is 14.2 Å². The Kier molecular flexibility index (Phi) is 5.48. The lowest BCUT2D eigenvalue weighted by Gasteiger charge is -2.26. The van der Waals surface area contributed by atoms with E-state index in [0.29, 0.717) is 18.3 Å². The summed E-state index contributed by atoms with van der Waals surface area (Å²) in [6.07, 6.45) is 3.73. The van der Waals surface area contributed by atoms with E-state index < -0.39 is 0 Å². The zero-order valence-corrected chi connectivity index (χ0v) is 17.0. The average molecular weight is 398 g/mol. The molecule has 0 aromatic carbocycles. The fourth-order valence-electron chi connectivity index (χ4n) is 3.63. The minimum Gasteiger partial charge on any atom is -0.381 e. The Morgan fingerprint density at radius 3 is 2.79 bits per heavy atom. The normalized spacial score (nSPS) is 15.0. The van der Waals surface area contributed by atoms with Crippen LogP contribution < -0.4 is 10.6 Å². The van der Waals surface area contributed by atoms with E-state index >= 15 is 0 Å². The van der Waals surface area contributed by atoms with Gasteiger partial charge in [-0.1, -0.05) is 5.16 Å². The molecule has 0 saturated carbocycles. The van der Waals surface area contributed by atoms with Gasteiger partial charge in [-0.3, -0.25) is 4.79 Å². The van der Waals surface area contributed by atoms with Crippen molar-refractivity contribution in [3.8, 4) is 0 Å². The Labute approximate surface area is 168 Å². The molecule has 0 aliphatic carbocycles. The minimum absolute atomic E-state index is 0.270. The Morgan fingerprint density at radius 2 is 2.10 bits per heavy atom. The summed E-state index contributed by atoms with van der Waals surface area (Å²) >= 11 is 0. The van der Waals surface area contributed by atoms with Crippen molar-refractivity contribution in [1.29, 1.82) is 0 Å². The third-order valence-corrected chi connectivity index (χ3v) is 5.25. The second-order valence-electron chi connectivity index (χ2n) is 7.28. The van der Waals surface area contributed by atoms with Crippen LogP contribution in [0.15, 0.2) is 16.8 Å². The van der Waals surface area contributed by atoms with Crippen LogP contribution in [0.2, 0.25) is 0 Å². The van der Waals surface area contributed by atoms with Gasteiger partial charge in [-0.25, -0.2) is 9.67 Å². The van der Waals surface area contributed by atoms with Crippen molar-refractivity contribution in [2.75, 3.05) is 18.5 Å². The van der Waals surface area contributed by atoms with Crippen LogP contribution in [0, 0.1) is 13.8 Å². The van der Waals surface area contributed by atoms with Gasteiger partial charge in [0.15, 0.2) is 11.3 Å². The van der Waals surface area contributed by atoms with Crippen molar-refractivity contribution in [3.05, 3.63) is 35.0 Å². The molecule has 3 aromatic heterocycles. The highest BCUT2D eigenvalue weighted by Crippen LogP contribution is 2.30. The fourth-order valence-corrected chi connectivity index (χ4v) is 3.63. The predicted molar refractivity (Wildman–Crippen MR) is 108 cm³/mol. The number of ether oxygens (including phenoxy) is 1. The van der Waals surface area contributed by atoms with Crippen molar-refractivity contribution in [2.24, 2.45) is 0 Å². The number of anilines is 1. The van der Waals surface area contributed by atoms with Crippen LogP contribution in [0.3, 0.4) is 0 Å². The van der Waals surface area contributed by atoms with E-state index in [1.54, 1.807) is 13.0 Å². The van der Waals surface area contributed by atoms with E-state index in [1.807, 2.05) is 24.7 Å².